The number of alkyl carbamates (subject to hydrolysis) is 1. The molecule has 1 aromatic carbocycles. The first-order valence-electron chi connectivity index (χ1n) is 10.1. The molecule has 1 aromatic rings. The number of hydrogen-bond acceptors (Lipinski definition) is 3. The molecule has 1 saturated heterocycles. The van der Waals surface area contributed by atoms with Gasteiger partial charge in [-0.2, -0.15) is 13.2 Å². The molecule has 1 N–H and O–H groups in total. The molecule has 1 atom stereocenters. The summed E-state index contributed by atoms with van der Waals surface area (Å²) in [5.74, 6) is -0.172. The highest BCUT2D eigenvalue weighted by molar-refractivity contribution is 5.80. The Balaban J connectivity index is 1.37. The van der Waals surface area contributed by atoms with Crippen molar-refractivity contribution in [2.75, 3.05) is 20.2 Å². The second kappa shape index (κ2) is 7.22. The number of halogens is 3. The Labute approximate surface area is 167 Å². The van der Waals surface area contributed by atoms with E-state index in [4.69, 9.17) is 4.74 Å². The summed E-state index contributed by atoms with van der Waals surface area (Å²) in [5.41, 5.74) is -0.375. The zero-order valence-electron chi connectivity index (χ0n) is 16.3. The molecule has 2 saturated carbocycles. The van der Waals surface area contributed by atoms with Crippen molar-refractivity contribution >= 4 is 12.0 Å². The average Bonchev–Trinajstić information content (AvgIpc) is 3.45. The van der Waals surface area contributed by atoms with Crippen LogP contribution in [0.15, 0.2) is 24.3 Å². The number of alkyl halides is 3. The Hall–Kier alpha value is -2.25. The van der Waals surface area contributed by atoms with Gasteiger partial charge in [-0.3, -0.25) is 4.79 Å². The van der Waals surface area contributed by atoms with E-state index in [0.717, 1.165) is 18.4 Å². The van der Waals surface area contributed by atoms with E-state index in [2.05, 4.69) is 5.32 Å². The molecule has 2 amide bonds. The van der Waals surface area contributed by atoms with Crippen molar-refractivity contribution in [2.45, 2.75) is 55.7 Å². The number of cyclic esters (lactones) is 1. The lowest BCUT2D eigenvalue weighted by Gasteiger charge is -2.42. The van der Waals surface area contributed by atoms with Crippen LogP contribution in [0.1, 0.15) is 49.1 Å². The molecule has 0 spiro atoms. The largest absolute Gasteiger partial charge is 0.450 e. The standard InChI is InChI=1S/C21H25F3N2O3/c1-26(18(27)14-5-8-29-19(28)25-12-14)17-10-15(11-17)13-3-2-4-16(9-13)20(6-7-20)21(22,23)24/h2-4,9,14-15,17H,5-8,10-12H2,1H3,(H,25,28)/t14-,15-,17-/m1/s1. The third kappa shape index (κ3) is 3.69. The number of amides is 2. The molecule has 0 bridgehead atoms. The molecular weight excluding hydrogens is 385 g/mol. The van der Waals surface area contributed by atoms with Crippen LogP contribution in [0.4, 0.5) is 18.0 Å². The molecule has 3 fully saturated rings. The van der Waals surface area contributed by atoms with E-state index in [1.54, 1.807) is 30.1 Å². The van der Waals surface area contributed by atoms with Crippen LogP contribution >= 0.6 is 0 Å². The summed E-state index contributed by atoms with van der Waals surface area (Å²) in [5, 5.41) is 2.58. The van der Waals surface area contributed by atoms with Crippen LogP contribution in [0.25, 0.3) is 0 Å². The Bertz CT molecular complexity index is 801. The number of benzene rings is 1. The molecule has 0 unspecified atom stereocenters. The Kier molecular flexibility index (Phi) is 4.99. The van der Waals surface area contributed by atoms with Crippen molar-refractivity contribution in [1.29, 1.82) is 0 Å². The van der Waals surface area contributed by atoms with Crippen molar-refractivity contribution in [3.05, 3.63) is 35.4 Å². The summed E-state index contributed by atoms with van der Waals surface area (Å²) in [7, 11) is 1.76. The van der Waals surface area contributed by atoms with Gasteiger partial charge in [-0.05, 0) is 49.1 Å². The molecular formula is C21H25F3N2O3. The minimum Gasteiger partial charge on any atom is -0.450 e. The van der Waals surface area contributed by atoms with Gasteiger partial charge in [-0.15, -0.1) is 0 Å². The second-order valence-electron chi connectivity index (χ2n) is 8.48. The molecule has 2 aliphatic carbocycles. The normalized spacial score (nSPS) is 28.4. The topological polar surface area (TPSA) is 58.6 Å². The smallest absolute Gasteiger partial charge is 0.407 e. The molecule has 29 heavy (non-hydrogen) atoms. The highest BCUT2D eigenvalue weighted by atomic mass is 19.4. The van der Waals surface area contributed by atoms with Gasteiger partial charge in [0.1, 0.15) is 0 Å². The highest BCUT2D eigenvalue weighted by Gasteiger charge is 2.64. The van der Waals surface area contributed by atoms with Crippen LogP contribution < -0.4 is 5.32 Å². The van der Waals surface area contributed by atoms with E-state index in [-0.39, 0.29) is 49.8 Å². The molecule has 1 aliphatic heterocycles. The van der Waals surface area contributed by atoms with Crippen molar-refractivity contribution in [3.63, 3.8) is 0 Å². The summed E-state index contributed by atoms with van der Waals surface area (Å²) in [6.07, 6.45) is -2.43. The molecule has 5 nitrogen and oxygen atoms in total. The Morgan fingerprint density at radius 2 is 2.00 bits per heavy atom. The van der Waals surface area contributed by atoms with Crippen molar-refractivity contribution in [3.8, 4) is 0 Å². The quantitative estimate of drug-likeness (QED) is 0.823. The van der Waals surface area contributed by atoms with E-state index in [0.29, 0.717) is 12.0 Å². The lowest BCUT2D eigenvalue weighted by atomic mass is 9.74. The Morgan fingerprint density at radius 1 is 1.28 bits per heavy atom. The van der Waals surface area contributed by atoms with Crippen LogP contribution in [0.2, 0.25) is 0 Å². The third-order valence-electron chi connectivity index (χ3n) is 6.75. The van der Waals surface area contributed by atoms with E-state index in [9.17, 15) is 22.8 Å². The molecule has 0 aromatic heterocycles. The van der Waals surface area contributed by atoms with Gasteiger partial charge in [0.15, 0.2) is 0 Å². The number of carbonyl (C=O) groups is 2. The van der Waals surface area contributed by atoms with Gasteiger partial charge >= 0.3 is 12.3 Å². The zero-order valence-corrected chi connectivity index (χ0v) is 16.3. The summed E-state index contributed by atoms with van der Waals surface area (Å²) < 4.78 is 45.2. The zero-order chi connectivity index (χ0) is 20.8. The lowest BCUT2D eigenvalue weighted by molar-refractivity contribution is -0.160. The van der Waals surface area contributed by atoms with E-state index >= 15 is 0 Å². The number of carbonyl (C=O) groups excluding carboxylic acids is 2. The molecule has 0 radical (unpaired) electrons. The fourth-order valence-electron chi connectivity index (χ4n) is 4.46. The highest BCUT2D eigenvalue weighted by Crippen LogP contribution is 2.59. The first-order valence-corrected chi connectivity index (χ1v) is 10.1. The molecule has 158 valence electrons. The minimum atomic E-state index is -4.21. The first-order chi connectivity index (χ1) is 13.7. The van der Waals surface area contributed by atoms with E-state index in [1.165, 1.54) is 0 Å². The predicted octanol–water partition coefficient (Wildman–Crippen LogP) is 3.73. The van der Waals surface area contributed by atoms with Crippen LogP contribution in [0.5, 0.6) is 0 Å². The number of ether oxygens (including phenoxy) is 1. The van der Waals surface area contributed by atoms with Crippen LogP contribution in [0.3, 0.4) is 0 Å². The van der Waals surface area contributed by atoms with E-state index < -0.39 is 17.7 Å². The maximum absolute atomic E-state index is 13.4. The van der Waals surface area contributed by atoms with Gasteiger partial charge in [0.05, 0.1) is 17.9 Å². The molecule has 8 heteroatoms. The van der Waals surface area contributed by atoms with Gasteiger partial charge in [0, 0.05) is 19.6 Å². The number of nitrogens with zero attached hydrogens (tertiary/aromatic N) is 1. The maximum Gasteiger partial charge on any atom is 0.407 e. The summed E-state index contributed by atoms with van der Waals surface area (Å²) >= 11 is 0. The third-order valence-corrected chi connectivity index (χ3v) is 6.75. The lowest BCUT2D eigenvalue weighted by Crippen LogP contribution is -2.48. The predicted molar refractivity (Wildman–Crippen MR) is 99.4 cm³/mol. The number of nitrogens with one attached hydrogen (secondary N) is 1. The SMILES string of the molecule is CN(C(=O)[C@@H]1CCOC(=O)NC1)[C@H]1C[C@H](c2cccc(C3(C(F)(F)F)CC3)c2)C1. The van der Waals surface area contributed by atoms with Gasteiger partial charge in [-0.25, -0.2) is 4.79 Å². The monoisotopic (exact) mass is 410 g/mol. The summed E-state index contributed by atoms with van der Waals surface area (Å²) in [6, 6.07) is 6.96. The summed E-state index contributed by atoms with van der Waals surface area (Å²) in [4.78, 5) is 25.7. The van der Waals surface area contributed by atoms with Crippen molar-refractivity contribution in [2.24, 2.45) is 5.92 Å². The van der Waals surface area contributed by atoms with Gasteiger partial charge in [-0.1, -0.05) is 24.3 Å². The fraction of sp³-hybridized carbons (Fsp3) is 0.619. The Morgan fingerprint density at radius 3 is 2.66 bits per heavy atom. The van der Waals surface area contributed by atoms with Crippen LogP contribution in [-0.4, -0.2) is 49.3 Å². The van der Waals surface area contributed by atoms with E-state index in [1.807, 2.05) is 6.07 Å². The van der Waals surface area contributed by atoms with Gasteiger partial charge < -0.3 is 15.0 Å². The average molecular weight is 410 g/mol. The molecule has 1 heterocycles. The number of rotatable bonds is 4. The van der Waals surface area contributed by atoms with Gasteiger partial charge in [0.25, 0.3) is 0 Å². The van der Waals surface area contributed by atoms with Crippen LogP contribution in [0, 0.1) is 5.92 Å². The minimum absolute atomic E-state index is 0.0259. The first kappa shape index (κ1) is 20.0. The van der Waals surface area contributed by atoms with Crippen molar-refractivity contribution in [1.82, 2.24) is 10.2 Å². The fourth-order valence-corrected chi connectivity index (χ4v) is 4.46. The van der Waals surface area contributed by atoms with Crippen LogP contribution in [-0.2, 0) is 14.9 Å². The summed E-state index contributed by atoms with van der Waals surface area (Å²) in [6.45, 7) is 0.483. The number of hydrogen-bond donors (Lipinski definition) is 1. The maximum atomic E-state index is 13.4. The second-order valence-corrected chi connectivity index (χ2v) is 8.48. The van der Waals surface area contributed by atoms with Gasteiger partial charge in [0.2, 0.25) is 5.91 Å². The van der Waals surface area contributed by atoms with Crippen molar-refractivity contribution < 1.29 is 27.5 Å². The molecule has 3 aliphatic rings. The molecule has 4 rings (SSSR count).